The zero-order valence-electron chi connectivity index (χ0n) is 9.36. The second-order valence-electron chi connectivity index (χ2n) is 3.48. The molecule has 1 aromatic rings. The van der Waals surface area contributed by atoms with Crippen LogP contribution in [0.2, 0.25) is 0 Å². The van der Waals surface area contributed by atoms with Gasteiger partial charge >= 0.3 is 0 Å². The van der Waals surface area contributed by atoms with Crippen molar-refractivity contribution >= 4 is 11.6 Å². The molecule has 4 N–H and O–H groups in total. The molecule has 1 aromatic carbocycles. The molecule has 5 nitrogen and oxygen atoms in total. The third-order valence-electron chi connectivity index (χ3n) is 2.15. The van der Waals surface area contributed by atoms with Crippen LogP contribution in [0.4, 0.5) is 5.69 Å². The van der Waals surface area contributed by atoms with Gasteiger partial charge in [0.1, 0.15) is 11.8 Å². The Balaban J connectivity index is 2.87. The van der Waals surface area contributed by atoms with Crippen LogP contribution in [0.15, 0.2) is 18.2 Å². The van der Waals surface area contributed by atoms with Crippen LogP contribution in [-0.2, 0) is 4.79 Å². The minimum absolute atomic E-state index is 0.389. The van der Waals surface area contributed by atoms with Gasteiger partial charge in [-0.05, 0) is 24.6 Å². The van der Waals surface area contributed by atoms with Crippen LogP contribution in [0.25, 0.3) is 0 Å². The molecule has 0 radical (unpaired) electrons. The molecular weight excluding hydrogens is 208 g/mol. The summed E-state index contributed by atoms with van der Waals surface area (Å²) in [6, 6.07) is 4.49. The van der Waals surface area contributed by atoms with E-state index in [9.17, 15) is 4.79 Å². The zero-order chi connectivity index (χ0) is 12.1. The Morgan fingerprint density at radius 2 is 2.31 bits per heavy atom. The van der Waals surface area contributed by atoms with E-state index in [1.54, 1.807) is 12.1 Å². The molecule has 0 bridgehead atoms. The van der Waals surface area contributed by atoms with Gasteiger partial charge in [0.05, 0.1) is 19.4 Å². The van der Waals surface area contributed by atoms with Crippen molar-refractivity contribution in [2.45, 2.75) is 13.0 Å². The summed E-state index contributed by atoms with van der Waals surface area (Å²) in [6.45, 7) is 1.51. The van der Waals surface area contributed by atoms with E-state index in [2.05, 4.69) is 5.32 Å². The fourth-order valence-electron chi connectivity index (χ4n) is 1.23. The van der Waals surface area contributed by atoms with Crippen molar-refractivity contribution in [2.24, 2.45) is 5.73 Å². The number of aliphatic hydroxyl groups excluding tert-OH is 1. The van der Waals surface area contributed by atoms with Crippen LogP contribution in [-0.4, -0.2) is 30.8 Å². The first-order chi connectivity index (χ1) is 7.58. The summed E-state index contributed by atoms with van der Waals surface area (Å²) in [4.78, 5) is 11.5. The predicted molar refractivity (Wildman–Crippen MR) is 61.4 cm³/mol. The van der Waals surface area contributed by atoms with Gasteiger partial charge < -0.3 is 20.9 Å². The summed E-state index contributed by atoms with van der Waals surface area (Å²) in [7, 11) is 1.52. The lowest BCUT2D eigenvalue weighted by Crippen LogP contribution is -2.38. The normalized spacial score (nSPS) is 12.0. The van der Waals surface area contributed by atoms with Crippen LogP contribution >= 0.6 is 0 Å². The molecule has 1 rings (SSSR count). The van der Waals surface area contributed by atoms with Crippen molar-refractivity contribution in [3.8, 4) is 5.75 Å². The van der Waals surface area contributed by atoms with Crippen molar-refractivity contribution in [1.29, 1.82) is 0 Å². The van der Waals surface area contributed by atoms with Gasteiger partial charge in [-0.25, -0.2) is 0 Å². The lowest BCUT2D eigenvalue weighted by atomic mass is 10.2. The number of carbonyl (C=O) groups excluding carboxylic acids is 1. The average Bonchev–Trinajstić information content (AvgIpc) is 2.28. The maximum absolute atomic E-state index is 11.5. The molecule has 0 aliphatic carbocycles. The van der Waals surface area contributed by atoms with E-state index in [0.717, 1.165) is 5.56 Å². The second-order valence-corrected chi connectivity index (χ2v) is 3.48. The maximum Gasteiger partial charge on any atom is 0.243 e. The SMILES string of the molecule is COc1ccc(C)cc1NC(=O)[C@@H](N)CO. The Morgan fingerprint density at radius 3 is 2.88 bits per heavy atom. The van der Waals surface area contributed by atoms with Crippen LogP contribution in [0.3, 0.4) is 0 Å². The number of hydrogen-bond donors (Lipinski definition) is 3. The molecule has 0 heterocycles. The molecule has 0 saturated heterocycles. The van der Waals surface area contributed by atoms with Gasteiger partial charge in [0.25, 0.3) is 0 Å². The molecule has 1 atom stereocenters. The molecule has 0 fully saturated rings. The Bertz CT molecular complexity index is 379. The van der Waals surface area contributed by atoms with Gasteiger partial charge in [0, 0.05) is 0 Å². The predicted octanol–water partition coefficient (Wildman–Crippen LogP) is 0.262. The smallest absolute Gasteiger partial charge is 0.243 e. The Hall–Kier alpha value is -1.59. The van der Waals surface area contributed by atoms with E-state index in [0.29, 0.717) is 11.4 Å². The van der Waals surface area contributed by atoms with Gasteiger partial charge in [0.15, 0.2) is 0 Å². The van der Waals surface area contributed by atoms with Gasteiger partial charge in [-0.1, -0.05) is 6.07 Å². The standard InChI is InChI=1S/C11H16N2O3/c1-7-3-4-10(16-2)9(5-7)13-11(15)8(12)6-14/h3-5,8,14H,6,12H2,1-2H3,(H,13,15)/t8-/m0/s1. The number of anilines is 1. The van der Waals surface area contributed by atoms with Crippen molar-refractivity contribution in [2.75, 3.05) is 19.0 Å². The fourth-order valence-corrected chi connectivity index (χ4v) is 1.23. The van der Waals surface area contributed by atoms with E-state index >= 15 is 0 Å². The van der Waals surface area contributed by atoms with Crippen molar-refractivity contribution in [3.63, 3.8) is 0 Å². The highest BCUT2D eigenvalue weighted by molar-refractivity contribution is 5.96. The van der Waals surface area contributed by atoms with E-state index in [4.69, 9.17) is 15.6 Å². The lowest BCUT2D eigenvalue weighted by molar-refractivity contribution is -0.118. The Kier molecular flexibility index (Phi) is 4.28. The highest BCUT2D eigenvalue weighted by Crippen LogP contribution is 2.25. The monoisotopic (exact) mass is 224 g/mol. The van der Waals surface area contributed by atoms with E-state index in [1.807, 2.05) is 13.0 Å². The molecule has 16 heavy (non-hydrogen) atoms. The summed E-state index contributed by atoms with van der Waals surface area (Å²) >= 11 is 0. The largest absolute Gasteiger partial charge is 0.495 e. The maximum atomic E-state index is 11.5. The molecule has 0 unspecified atom stereocenters. The van der Waals surface area contributed by atoms with E-state index in [1.165, 1.54) is 7.11 Å². The quantitative estimate of drug-likeness (QED) is 0.685. The Labute approximate surface area is 94.2 Å². The molecule has 0 saturated carbocycles. The van der Waals surface area contributed by atoms with E-state index < -0.39 is 11.9 Å². The number of nitrogens with one attached hydrogen (secondary N) is 1. The van der Waals surface area contributed by atoms with Crippen LogP contribution in [0, 0.1) is 6.92 Å². The number of methoxy groups -OCH3 is 1. The molecule has 0 aromatic heterocycles. The fraction of sp³-hybridized carbons (Fsp3) is 0.364. The van der Waals surface area contributed by atoms with E-state index in [-0.39, 0.29) is 6.61 Å². The minimum atomic E-state index is -0.926. The number of hydrogen-bond acceptors (Lipinski definition) is 4. The molecular formula is C11H16N2O3. The number of aliphatic hydroxyl groups is 1. The first-order valence-corrected chi connectivity index (χ1v) is 4.90. The average molecular weight is 224 g/mol. The number of rotatable bonds is 4. The molecule has 0 spiro atoms. The molecule has 1 amide bonds. The van der Waals surface area contributed by atoms with Gasteiger partial charge in [-0.15, -0.1) is 0 Å². The topological polar surface area (TPSA) is 84.6 Å². The second kappa shape index (κ2) is 5.48. The van der Waals surface area contributed by atoms with Crippen LogP contribution in [0.5, 0.6) is 5.75 Å². The van der Waals surface area contributed by atoms with Crippen molar-refractivity contribution < 1.29 is 14.6 Å². The highest BCUT2D eigenvalue weighted by atomic mass is 16.5. The van der Waals surface area contributed by atoms with Gasteiger partial charge in [-0.2, -0.15) is 0 Å². The molecule has 0 aliphatic rings. The summed E-state index contributed by atoms with van der Waals surface area (Å²) in [5, 5.41) is 11.4. The third kappa shape index (κ3) is 2.95. The number of nitrogens with two attached hydrogens (primary N) is 1. The molecule has 88 valence electrons. The number of benzene rings is 1. The lowest BCUT2D eigenvalue weighted by Gasteiger charge is -2.13. The number of carbonyl (C=O) groups is 1. The Morgan fingerprint density at radius 1 is 1.62 bits per heavy atom. The van der Waals surface area contributed by atoms with Crippen molar-refractivity contribution in [3.05, 3.63) is 23.8 Å². The zero-order valence-corrected chi connectivity index (χ0v) is 9.36. The number of amides is 1. The first kappa shape index (κ1) is 12.5. The van der Waals surface area contributed by atoms with Crippen molar-refractivity contribution in [1.82, 2.24) is 0 Å². The van der Waals surface area contributed by atoms with Gasteiger partial charge in [0.2, 0.25) is 5.91 Å². The highest BCUT2D eigenvalue weighted by Gasteiger charge is 2.14. The summed E-state index contributed by atoms with van der Waals surface area (Å²) < 4.78 is 5.10. The molecule has 0 aliphatic heterocycles. The van der Waals surface area contributed by atoms with Crippen LogP contribution in [0.1, 0.15) is 5.56 Å². The van der Waals surface area contributed by atoms with Gasteiger partial charge in [-0.3, -0.25) is 4.79 Å². The van der Waals surface area contributed by atoms with Crippen LogP contribution < -0.4 is 15.8 Å². The minimum Gasteiger partial charge on any atom is -0.495 e. The number of ether oxygens (including phenoxy) is 1. The summed E-state index contributed by atoms with van der Waals surface area (Å²) in [5.74, 6) is 0.121. The summed E-state index contributed by atoms with van der Waals surface area (Å²) in [6.07, 6.45) is 0. The number of aryl methyl sites for hydroxylation is 1. The third-order valence-corrected chi connectivity index (χ3v) is 2.15. The molecule has 5 heteroatoms. The first-order valence-electron chi connectivity index (χ1n) is 4.90. The summed E-state index contributed by atoms with van der Waals surface area (Å²) in [5.41, 5.74) is 6.94.